The Morgan fingerprint density at radius 2 is 1.78 bits per heavy atom. The molecule has 0 radical (unpaired) electrons. The number of benzene rings is 1. The lowest BCUT2D eigenvalue weighted by Crippen LogP contribution is -2.60. The summed E-state index contributed by atoms with van der Waals surface area (Å²) in [5.41, 5.74) is -5.96. The van der Waals surface area contributed by atoms with Crippen LogP contribution in [0.25, 0.3) is 5.57 Å². The van der Waals surface area contributed by atoms with Crippen LogP contribution in [-0.4, -0.2) is 54.2 Å². The number of hydrogen-bond donors (Lipinski definition) is 2. The molecule has 2 aromatic rings. The molecule has 2 fully saturated rings. The SMILES string of the molecule is O=C1NC(c2ccc(OCCCCCC(F)(F)F)cc2F)(C(F)(F)F)CC(c2ccn(C3CC3)n2)=C1C(=O)NS(=O)(=O)C1CC1. The highest BCUT2D eigenvalue weighted by atomic mass is 32.2. The number of rotatable bonds is 12. The Kier molecular flexibility index (Phi) is 8.70. The second kappa shape index (κ2) is 11.9. The number of halogens is 7. The Balaban J connectivity index is 1.45. The topological polar surface area (TPSA) is 119 Å². The summed E-state index contributed by atoms with van der Waals surface area (Å²) in [4.78, 5) is 26.5. The summed E-state index contributed by atoms with van der Waals surface area (Å²) in [6.45, 7) is -0.115. The lowest BCUT2D eigenvalue weighted by atomic mass is 9.77. The molecule has 2 amide bonds. The summed E-state index contributed by atoms with van der Waals surface area (Å²) in [7, 11) is -4.19. The van der Waals surface area contributed by atoms with E-state index in [1.807, 2.05) is 0 Å². The number of carbonyl (C=O) groups is 2. The van der Waals surface area contributed by atoms with Crippen molar-refractivity contribution >= 4 is 27.4 Å². The third-order valence-corrected chi connectivity index (χ3v) is 9.64. The van der Waals surface area contributed by atoms with Crippen molar-refractivity contribution in [1.82, 2.24) is 19.8 Å². The average Bonchev–Trinajstić information content (AvgIpc) is 3.86. The standard InChI is InChI=1S/C28H29F7N4O5S/c29-21-14-17(44-13-3-1-2-11-27(30,31)32)6-9-20(21)26(28(33,34)35)15-19(22-10-12-39(37-22)16-4-5-16)23(24(40)36-26)25(41)38-45(42,43)18-7-8-18/h6,9-10,12,14,16,18H,1-5,7-8,11,13,15H2,(H,36,40)(H,38,41). The molecule has 2 aliphatic carbocycles. The molecule has 1 aliphatic heterocycles. The highest BCUT2D eigenvalue weighted by Crippen LogP contribution is 2.49. The molecule has 3 aliphatic rings. The molecule has 5 rings (SSSR count). The minimum absolute atomic E-state index is 0.0220. The van der Waals surface area contributed by atoms with Crippen molar-refractivity contribution < 1.29 is 53.5 Å². The van der Waals surface area contributed by atoms with Crippen LogP contribution in [0.3, 0.4) is 0 Å². The summed E-state index contributed by atoms with van der Waals surface area (Å²) >= 11 is 0. The van der Waals surface area contributed by atoms with Gasteiger partial charge in [0.25, 0.3) is 11.8 Å². The molecule has 45 heavy (non-hydrogen) atoms. The Morgan fingerprint density at radius 1 is 1.07 bits per heavy atom. The smallest absolute Gasteiger partial charge is 0.416 e. The summed E-state index contributed by atoms with van der Waals surface area (Å²) < 4.78 is 131. The van der Waals surface area contributed by atoms with Gasteiger partial charge in [-0.05, 0) is 63.1 Å². The van der Waals surface area contributed by atoms with Crippen LogP contribution in [0.15, 0.2) is 36.0 Å². The fourth-order valence-electron chi connectivity index (χ4n) is 5.15. The average molecular weight is 667 g/mol. The molecule has 2 saturated carbocycles. The summed E-state index contributed by atoms with van der Waals surface area (Å²) in [5.74, 6) is -4.59. The minimum Gasteiger partial charge on any atom is -0.493 e. The molecule has 1 aromatic heterocycles. The lowest BCUT2D eigenvalue weighted by Gasteiger charge is -2.41. The van der Waals surface area contributed by atoms with E-state index in [9.17, 15) is 44.3 Å². The van der Waals surface area contributed by atoms with Gasteiger partial charge in [-0.25, -0.2) is 17.5 Å². The predicted octanol–water partition coefficient (Wildman–Crippen LogP) is 5.20. The molecule has 1 atom stereocenters. The first-order valence-corrected chi connectivity index (χ1v) is 15.8. The molecule has 9 nitrogen and oxygen atoms in total. The first-order chi connectivity index (χ1) is 21.0. The van der Waals surface area contributed by atoms with E-state index in [1.165, 1.54) is 16.9 Å². The third-order valence-electron chi connectivity index (χ3n) is 7.82. The number of unbranched alkanes of at least 4 members (excludes halogenated alkanes) is 2. The summed E-state index contributed by atoms with van der Waals surface area (Å²) in [6, 6.07) is 3.75. The first-order valence-electron chi connectivity index (χ1n) is 14.2. The van der Waals surface area contributed by atoms with Crippen molar-refractivity contribution in [3.05, 3.63) is 53.1 Å². The molecule has 2 heterocycles. The number of nitrogens with zero attached hydrogens (tertiary/aromatic N) is 2. The predicted molar refractivity (Wildman–Crippen MR) is 144 cm³/mol. The van der Waals surface area contributed by atoms with Crippen molar-refractivity contribution in [3.63, 3.8) is 0 Å². The molecule has 246 valence electrons. The van der Waals surface area contributed by atoms with Crippen LogP contribution < -0.4 is 14.8 Å². The fourth-order valence-corrected chi connectivity index (χ4v) is 6.43. The Hall–Kier alpha value is -3.63. The van der Waals surface area contributed by atoms with Crippen LogP contribution in [0.5, 0.6) is 5.75 Å². The van der Waals surface area contributed by atoms with Gasteiger partial charge < -0.3 is 10.1 Å². The maximum atomic E-state index is 15.5. The van der Waals surface area contributed by atoms with E-state index in [-0.39, 0.29) is 56.2 Å². The van der Waals surface area contributed by atoms with Gasteiger partial charge in [0.2, 0.25) is 10.0 Å². The zero-order chi connectivity index (χ0) is 32.8. The van der Waals surface area contributed by atoms with Crippen molar-refractivity contribution in [1.29, 1.82) is 0 Å². The van der Waals surface area contributed by atoms with Gasteiger partial charge in [-0.2, -0.15) is 31.4 Å². The number of sulfonamides is 1. The van der Waals surface area contributed by atoms with Gasteiger partial charge in [0, 0.05) is 36.2 Å². The van der Waals surface area contributed by atoms with Gasteiger partial charge in [-0.15, -0.1) is 0 Å². The van der Waals surface area contributed by atoms with Crippen LogP contribution in [0.1, 0.15) is 75.1 Å². The molecule has 1 unspecified atom stereocenters. The van der Waals surface area contributed by atoms with E-state index >= 15 is 4.39 Å². The Labute approximate surface area is 253 Å². The quantitative estimate of drug-likeness (QED) is 0.183. The summed E-state index contributed by atoms with van der Waals surface area (Å²) in [5, 5.41) is 5.14. The van der Waals surface area contributed by atoms with E-state index in [1.54, 1.807) is 10.0 Å². The number of nitrogens with one attached hydrogen (secondary N) is 2. The first kappa shape index (κ1) is 32.8. The normalized spacial score (nSPS) is 21.1. The van der Waals surface area contributed by atoms with Crippen LogP contribution in [-0.2, 0) is 25.2 Å². The number of ether oxygens (including phenoxy) is 1. The second-order valence-corrected chi connectivity index (χ2v) is 13.4. The molecular formula is C28H29F7N4O5S. The maximum absolute atomic E-state index is 15.5. The van der Waals surface area contributed by atoms with Crippen LogP contribution in [0.2, 0.25) is 0 Å². The van der Waals surface area contributed by atoms with Gasteiger partial charge in [0.1, 0.15) is 17.1 Å². The summed E-state index contributed by atoms with van der Waals surface area (Å²) in [6.07, 6.45) is -8.04. The van der Waals surface area contributed by atoms with E-state index < -0.39 is 80.3 Å². The molecule has 0 bridgehead atoms. The van der Waals surface area contributed by atoms with E-state index in [2.05, 4.69) is 5.10 Å². The highest BCUT2D eigenvalue weighted by Gasteiger charge is 2.61. The Morgan fingerprint density at radius 3 is 2.38 bits per heavy atom. The Bertz CT molecular complexity index is 1610. The van der Waals surface area contributed by atoms with Crippen LogP contribution in [0.4, 0.5) is 30.7 Å². The third kappa shape index (κ3) is 7.28. The molecule has 0 spiro atoms. The zero-order valence-electron chi connectivity index (χ0n) is 23.6. The van der Waals surface area contributed by atoms with Crippen LogP contribution in [0, 0.1) is 5.82 Å². The van der Waals surface area contributed by atoms with Crippen molar-refractivity contribution in [2.75, 3.05) is 6.61 Å². The zero-order valence-corrected chi connectivity index (χ0v) is 24.4. The molecule has 0 saturated heterocycles. The molecular weight excluding hydrogens is 637 g/mol. The minimum atomic E-state index is -5.32. The van der Waals surface area contributed by atoms with Crippen molar-refractivity contribution in [3.8, 4) is 5.75 Å². The van der Waals surface area contributed by atoms with Crippen molar-refractivity contribution in [2.45, 2.75) is 87.0 Å². The van der Waals surface area contributed by atoms with Gasteiger partial charge in [-0.3, -0.25) is 14.3 Å². The number of amides is 2. The maximum Gasteiger partial charge on any atom is 0.416 e. The van der Waals surface area contributed by atoms with E-state index in [0.717, 1.165) is 25.0 Å². The number of hydrogen-bond acceptors (Lipinski definition) is 6. The van der Waals surface area contributed by atoms with Gasteiger partial charge >= 0.3 is 12.4 Å². The molecule has 2 N–H and O–H groups in total. The van der Waals surface area contributed by atoms with Crippen LogP contribution >= 0.6 is 0 Å². The number of carbonyl (C=O) groups excluding carboxylic acids is 2. The number of alkyl halides is 6. The largest absolute Gasteiger partial charge is 0.493 e. The second-order valence-electron chi connectivity index (χ2n) is 11.4. The molecule has 17 heteroatoms. The van der Waals surface area contributed by atoms with Gasteiger partial charge in [0.15, 0.2) is 5.54 Å². The van der Waals surface area contributed by atoms with Crippen molar-refractivity contribution in [2.24, 2.45) is 0 Å². The molecule has 1 aromatic carbocycles. The fraction of sp³-hybridized carbons (Fsp3) is 0.536. The highest BCUT2D eigenvalue weighted by molar-refractivity contribution is 7.91. The van der Waals surface area contributed by atoms with Gasteiger partial charge in [0.05, 0.1) is 23.6 Å². The van der Waals surface area contributed by atoms with Gasteiger partial charge in [-0.1, -0.05) is 0 Å². The monoisotopic (exact) mass is 666 g/mol. The number of aromatic nitrogens is 2. The van der Waals surface area contributed by atoms with E-state index in [0.29, 0.717) is 6.07 Å². The van der Waals surface area contributed by atoms with E-state index in [4.69, 9.17) is 4.74 Å². The lowest BCUT2D eigenvalue weighted by molar-refractivity contribution is -0.202.